The molecule has 20 heavy (non-hydrogen) atoms. The summed E-state index contributed by atoms with van der Waals surface area (Å²) < 4.78 is 40.4. The average Bonchev–Trinajstić information content (AvgIpc) is 2.36. The van der Waals surface area contributed by atoms with Crippen LogP contribution in [0.2, 0.25) is 0 Å². The van der Waals surface area contributed by atoms with Crippen LogP contribution in [0.15, 0.2) is 42.5 Å². The molecule has 0 aliphatic carbocycles. The Balaban J connectivity index is 2.41. The van der Waals surface area contributed by atoms with E-state index in [1.807, 2.05) is 6.07 Å². The number of nitriles is 1. The van der Waals surface area contributed by atoms with Crippen molar-refractivity contribution in [2.75, 3.05) is 5.73 Å². The molecule has 0 heterocycles. The van der Waals surface area contributed by atoms with Crippen molar-refractivity contribution in [2.45, 2.75) is 6.36 Å². The Labute approximate surface area is 113 Å². The molecule has 6 heteroatoms. The number of nitrogens with zero attached hydrogens (tertiary/aromatic N) is 1. The third-order valence-corrected chi connectivity index (χ3v) is 2.49. The molecule has 0 saturated heterocycles. The first-order valence-electron chi connectivity index (χ1n) is 5.54. The van der Waals surface area contributed by atoms with Crippen molar-refractivity contribution in [1.29, 1.82) is 5.26 Å². The van der Waals surface area contributed by atoms with Gasteiger partial charge >= 0.3 is 6.36 Å². The number of halogens is 3. The van der Waals surface area contributed by atoms with Gasteiger partial charge in [0.1, 0.15) is 5.75 Å². The number of hydrogen-bond acceptors (Lipinski definition) is 3. The van der Waals surface area contributed by atoms with E-state index in [-0.39, 0.29) is 5.75 Å². The summed E-state index contributed by atoms with van der Waals surface area (Å²) in [4.78, 5) is 0. The van der Waals surface area contributed by atoms with Gasteiger partial charge in [-0.15, -0.1) is 13.2 Å². The normalized spacial score (nSPS) is 10.9. The second-order valence-electron chi connectivity index (χ2n) is 4.03. The molecule has 0 unspecified atom stereocenters. The number of anilines is 1. The van der Waals surface area contributed by atoms with Crippen LogP contribution in [0.25, 0.3) is 11.1 Å². The zero-order valence-corrected chi connectivity index (χ0v) is 10.1. The molecule has 3 nitrogen and oxygen atoms in total. The SMILES string of the molecule is N#Cc1cc(N)cc(-c2cccc(OC(F)(F)F)c2)c1. The molecular weight excluding hydrogens is 269 g/mol. The average molecular weight is 278 g/mol. The van der Waals surface area contributed by atoms with E-state index < -0.39 is 6.36 Å². The van der Waals surface area contributed by atoms with Crippen molar-refractivity contribution in [2.24, 2.45) is 0 Å². The van der Waals surface area contributed by atoms with Crippen LogP contribution in [-0.2, 0) is 0 Å². The molecule has 0 bridgehead atoms. The van der Waals surface area contributed by atoms with Crippen molar-refractivity contribution < 1.29 is 17.9 Å². The van der Waals surface area contributed by atoms with Crippen LogP contribution in [0.5, 0.6) is 5.75 Å². The van der Waals surface area contributed by atoms with E-state index in [1.54, 1.807) is 18.2 Å². The van der Waals surface area contributed by atoms with Gasteiger partial charge in [0, 0.05) is 5.69 Å². The first-order chi connectivity index (χ1) is 9.37. The minimum absolute atomic E-state index is 0.323. The van der Waals surface area contributed by atoms with Gasteiger partial charge in [-0.3, -0.25) is 0 Å². The molecule has 102 valence electrons. The summed E-state index contributed by atoms with van der Waals surface area (Å²) in [5.41, 5.74) is 7.38. The lowest BCUT2D eigenvalue weighted by atomic mass is 10.0. The predicted octanol–water partition coefficient (Wildman–Crippen LogP) is 3.71. The maximum atomic E-state index is 12.2. The molecule has 0 aliphatic rings. The highest BCUT2D eigenvalue weighted by molar-refractivity contribution is 5.70. The van der Waals surface area contributed by atoms with Crippen LogP contribution in [0.3, 0.4) is 0 Å². The third kappa shape index (κ3) is 3.42. The molecule has 0 saturated carbocycles. The number of ether oxygens (including phenoxy) is 1. The molecule has 0 aromatic heterocycles. The minimum atomic E-state index is -4.74. The van der Waals surface area contributed by atoms with Crippen LogP contribution in [0.4, 0.5) is 18.9 Å². The predicted molar refractivity (Wildman–Crippen MR) is 67.7 cm³/mol. The van der Waals surface area contributed by atoms with E-state index in [2.05, 4.69) is 4.74 Å². The Morgan fingerprint density at radius 1 is 1.05 bits per heavy atom. The molecule has 0 spiro atoms. The zero-order chi connectivity index (χ0) is 14.8. The molecular formula is C14H9F3N2O. The lowest BCUT2D eigenvalue weighted by Crippen LogP contribution is -2.17. The highest BCUT2D eigenvalue weighted by atomic mass is 19.4. The molecule has 2 N–H and O–H groups in total. The van der Waals surface area contributed by atoms with Gasteiger partial charge in [0.2, 0.25) is 0 Å². The van der Waals surface area contributed by atoms with Crippen LogP contribution in [0, 0.1) is 11.3 Å². The van der Waals surface area contributed by atoms with E-state index in [9.17, 15) is 13.2 Å². The van der Waals surface area contributed by atoms with Crippen molar-refractivity contribution in [3.05, 3.63) is 48.0 Å². The molecule has 0 aliphatic heterocycles. The summed E-state index contributed by atoms with van der Waals surface area (Å²) in [6.07, 6.45) is -4.74. The van der Waals surface area contributed by atoms with Crippen LogP contribution < -0.4 is 10.5 Å². The van der Waals surface area contributed by atoms with Gasteiger partial charge < -0.3 is 10.5 Å². The quantitative estimate of drug-likeness (QED) is 0.852. The fourth-order valence-corrected chi connectivity index (χ4v) is 1.76. The van der Waals surface area contributed by atoms with Gasteiger partial charge in [-0.25, -0.2) is 0 Å². The van der Waals surface area contributed by atoms with Gasteiger partial charge in [-0.2, -0.15) is 5.26 Å². The van der Waals surface area contributed by atoms with Gasteiger partial charge in [-0.05, 0) is 41.5 Å². The molecule has 0 atom stereocenters. The standard InChI is InChI=1S/C14H9F3N2O/c15-14(16,17)20-13-3-1-2-10(7-13)11-4-9(8-18)5-12(19)6-11/h1-7H,19H2. The summed E-state index contributed by atoms with van der Waals surface area (Å²) in [5, 5.41) is 8.86. The molecule has 2 aromatic carbocycles. The Kier molecular flexibility index (Phi) is 3.53. The Morgan fingerprint density at radius 3 is 2.45 bits per heavy atom. The first kappa shape index (κ1) is 13.7. The van der Waals surface area contributed by atoms with Crippen LogP contribution >= 0.6 is 0 Å². The Hall–Kier alpha value is -2.68. The topological polar surface area (TPSA) is 59.0 Å². The van der Waals surface area contributed by atoms with Gasteiger partial charge in [0.05, 0.1) is 11.6 Å². The number of rotatable bonds is 2. The number of nitrogen functional groups attached to an aromatic ring is 1. The van der Waals surface area contributed by atoms with Crippen LogP contribution in [-0.4, -0.2) is 6.36 Å². The van der Waals surface area contributed by atoms with Gasteiger partial charge in [0.15, 0.2) is 0 Å². The fourth-order valence-electron chi connectivity index (χ4n) is 1.76. The highest BCUT2D eigenvalue weighted by Gasteiger charge is 2.31. The lowest BCUT2D eigenvalue weighted by Gasteiger charge is -2.10. The largest absolute Gasteiger partial charge is 0.573 e. The number of benzene rings is 2. The maximum absolute atomic E-state index is 12.2. The van der Waals surface area contributed by atoms with E-state index >= 15 is 0 Å². The minimum Gasteiger partial charge on any atom is -0.406 e. The van der Waals surface area contributed by atoms with Gasteiger partial charge in [-0.1, -0.05) is 12.1 Å². The smallest absolute Gasteiger partial charge is 0.406 e. The first-order valence-corrected chi connectivity index (χ1v) is 5.54. The maximum Gasteiger partial charge on any atom is 0.573 e. The summed E-state index contributed by atoms with van der Waals surface area (Å²) in [6.45, 7) is 0. The number of nitrogens with two attached hydrogens (primary N) is 1. The molecule has 0 radical (unpaired) electrons. The Bertz CT molecular complexity index is 675. The number of hydrogen-bond donors (Lipinski definition) is 1. The monoisotopic (exact) mass is 278 g/mol. The fraction of sp³-hybridized carbons (Fsp3) is 0.0714. The lowest BCUT2D eigenvalue weighted by molar-refractivity contribution is -0.274. The van der Waals surface area contributed by atoms with Crippen LogP contribution in [0.1, 0.15) is 5.56 Å². The van der Waals surface area contributed by atoms with E-state index in [0.29, 0.717) is 22.4 Å². The van der Waals surface area contributed by atoms with Gasteiger partial charge in [0.25, 0.3) is 0 Å². The summed E-state index contributed by atoms with van der Waals surface area (Å²) in [6, 6.07) is 12.0. The molecule has 2 rings (SSSR count). The van der Waals surface area contributed by atoms with E-state index in [4.69, 9.17) is 11.0 Å². The molecule has 0 amide bonds. The van der Waals surface area contributed by atoms with Crippen molar-refractivity contribution in [1.82, 2.24) is 0 Å². The molecule has 0 fully saturated rings. The Morgan fingerprint density at radius 2 is 1.80 bits per heavy atom. The summed E-state index contributed by atoms with van der Waals surface area (Å²) in [7, 11) is 0. The van der Waals surface area contributed by atoms with E-state index in [1.165, 1.54) is 24.3 Å². The summed E-state index contributed by atoms with van der Waals surface area (Å²) >= 11 is 0. The van der Waals surface area contributed by atoms with Crippen molar-refractivity contribution in [3.8, 4) is 22.9 Å². The second-order valence-corrected chi connectivity index (χ2v) is 4.03. The number of alkyl halides is 3. The summed E-state index contributed by atoms with van der Waals surface area (Å²) in [5.74, 6) is -0.323. The van der Waals surface area contributed by atoms with E-state index in [0.717, 1.165) is 0 Å². The molecule has 2 aromatic rings. The highest BCUT2D eigenvalue weighted by Crippen LogP contribution is 2.29. The second kappa shape index (κ2) is 5.13. The third-order valence-electron chi connectivity index (χ3n) is 2.49. The van der Waals surface area contributed by atoms with Crippen molar-refractivity contribution >= 4 is 5.69 Å². The zero-order valence-electron chi connectivity index (χ0n) is 10.1. The van der Waals surface area contributed by atoms with Crippen molar-refractivity contribution in [3.63, 3.8) is 0 Å².